The van der Waals surface area contributed by atoms with Crippen LogP contribution in [0.1, 0.15) is 69.9 Å². The van der Waals surface area contributed by atoms with E-state index < -0.39 is 5.92 Å². The second-order valence-corrected chi connectivity index (χ2v) is 8.80. The van der Waals surface area contributed by atoms with Gasteiger partial charge in [-0.15, -0.1) is 0 Å². The van der Waals surface area contributed by atoms with Crippen molar-refractivity contribution in [3.63, 3.8) is 0 Å². The van der Waals surface area contributed by atoms with Crippen molar-refractivity contribution in [3.8, 4) is 0 Å². The minimum Gasteiger partial charge on any atom is -0.315 e. The van der Waals surface area contributed by atoms with E-state index in [1.807, 2.05) is 15.7 Å². The fourth-order valence-electron chi connectivity index (χ4n) is 3.70. The lowest BCUT2D eigenvalue weighted by Crippen LogP contribution is -2.43. The zero-order chi connectivity index (χ0) is 18.2. The van der Waals surface area contributed by atoms with E-state index >= 15 is 0 Å². The number of hydrogen-bond donors (Lipinski definition) is 0. The van der Waals surface area contributed by atoms with Gasteiger partial charge in [0.05, 0.1) is 6.54 Å². The van der Waals surface area contributed by atoms with Crippen LogP contribution < -0.4 is 5.56 Å². The number of pyridine rings is 1. The quantitative estimate of drug-likeness (QED) is 0.796. The molecular formula is C20H30F2N2O. The maximum atomic E-state index is 13.5. The summed E-state index contributed by atoms with van der Waals surface area (Å²) in [5, 5.41) is 0. The van der Waals surface area contributed by atoms with Crippen LogP contribution in [0.3, 0.4) is 0 Å². The monoisotopic (exact) mass is 352 g/mol. The Labute approximate surface area is 149 Å². The van der Waals surface area contributed by atoms with Gasteiger partial charge in [-0.2, -0.15) is 0 Å². The number of likely N-dealkylation sites (tertiary alicyclic amines) is 1. The van der Waals surface area contributed by atoms with Crippen LogP contribution in [-0.4, -0.2) is 35.0 Å². The number of aromatic nitrogens is 1. The van der Waals surface area contributed by atoms with Gasteiger partial charge in [0.2, 0.25) is 0 Å². The van der Waals surface area contributed by atoms with Crippen molar-refractivity contribution in [2.24, 2.45) is 0 Å². The van der Waals surface area contributed by atoms with Crippen LogP contribution >= 0.6 is 0 Å². The van der Waals surface area contributed by atoms with Crippen LogP contribution in [0, 0.1) is 0 Å². The average Bonchev–Trinajstić information content (AvgIpc) is 3.31. The van der Waals surface area contributed by atoms with E-state index in [4.69, 9.17) is 0 Å². The molecular weight excluding hydrogens is 322 g/mol. The van der Waals surface area contributed by atoms with Gasteiger partial charge in [-0.05, 0) is 55.2 Å². The number of piperidine rings is 1. The molecule has 0 spiro atoms. The highest BCUT2D eigenvalue weighted by molar-refractivity contribution is 5.30. The van der Waals surface area contributed by atoms with E-state index in [-0.39, 0.29) is 23.9 Å². The summed E-state index contributed by atoms with van der Waals surface area (Å²) in [6, 6.07) is 2.09. The number of alkyl halides is 2. The van der Waals surface area contributed by atoms with E-state index in [2.05, 4.69) is 26.8 Å². The Kier molecular flexibility index (Phi) is 5.06. The van der Waals surface area contributed by atoms with Crippen LogP contribution in [0.4, 0.5) is 8.78 Å². The molecule has 1 aliphatic carbocycles. The summed E-state index contributed by atoms with van der Waals surface area (Å²) in [5.74, 6) is -1.96. The summed E-state index contributed by atoms with van der Waals surface area (Å²) in [5.41, 5.74) is 2.01. The van der Waals surface area contributed by atoms with Crippen LogP contribution in [0.25, 0.3) is 0 Å². The molecule has 0 N–H and O–H groups in total. The van der Waals surface area contributed by atoms with Gasteiger partial charge in [0, 0.05) is 31.3 Å². The smallest absolute Gasteiger partial charge is 0.260 e. The Morgan fingerprint density at radius 3 is 2.56 bits per heavy atom. The lowest BCUT2D eigenvalue weighted by molar-refractivity contribution is -0.0641. The normalized spacial score (nSPS) is 21.5. The zero-order valence-corrected chi connectivity index (χ0v) is 15.7. The average molecular weight is 352 g/mol. The molecule has 3 nitrogen and oxygen atoms in total. The van der Waals surface area contributed by atoms with Crippen LogP contribution in [0.15, 0.2) is 17.1 Å². The maximum Gasteiger partial charge on any atom is 0.260 e. The van der Waals surface area contributed by atoms with Crippen molar-refractivity contribution in [2.45, 2.75) is 76.7 Å². The molecule has 1 saturated heterocycles. The minimum absolute atomic E-state index is 0.00132. The van der Waals surface area contributed by atoms with E-state index in [0.29, 0.717) is 25.4 Å². The standard InChI is InChI=1S/C20H30F2N2O/c1-19(2,3)17-12-16(15-6-7-15)13-24(18(17)25)11-5-10-23-9-4-8-20(21,22)14-23/h12-13,15H,4-11,14H2,1-3H3. The first kappa shape index (κ1) is 18.6. The molecule has 1 aliphatic heterocycles. The molecule has 1 aromatic heterocycles. The molecule has 2 fully saturated rings. The van der Waals surface area contributed by atoms with Gasteiger partial charge in [-0.25, -0.2) is 8.78 Å². The molecule has 1 saturated carbocycles. The van der Waals surface area contributed by atoms with E-state index in [9.17, 15) is 13.6 Å². The highest BCUT2D eigenvalue weighted by Crippen LogP contribution is 2.40. The lowest BCUT2D eigenvalue weighted by Gasteiger charge is -2.32. The van der Waals surface area contributed by atoms with Gasteiger partial charge in [0.1, 0.15) is 0 Å². The fraction of sp³-hybridized carbons (Fsp3) is 0.750. The fourth-order valence-corrected chi connectivity index (χ4v) is 3.70. The molecule has 0 unspecified atom stereocenters. The summed E-state index contributed by atoms with van der Waals surface area (Å²) in [7, 11) is 0. The van der Waals surface area contributed by atoms with Crippen molar-refractivity contribution < 1.29 is 8.78 Å². The van der Waals surface area contributed by atoms with Gasteiger partial charge < -0.3 is 4.57 Å². The Morgan fingerprint density at radius 2 is 1.96 bits per heavy atom. The topological polar surface area (TPSA) is 25.2 Å². The van der Waals surface area contributed by atoms with E-state index in [0.717, 1.165) is 18.5 Å². The van der Waals surface area contributed by atoms with Gasteiger partial charge in [-0.1, -0.05) is 20.8 Å². The van der Waals surface area contributed by atoms with Crippen LogP contribution in [0.5, 0.6) is 0 Å². The molecule has 0 atom stereocenters. The third-order valence-electron chi connectivity index (χ3n) is 5.31. The summed E-state index contributed by atoms with van der Waals surface area (Å²) in [4.78, 5) is 14.7. The summed E-state index contributed by atoms with van der Waals surface area (Å²) in [6.45, 7) is 8.03. The molecule has 0 radical (unpaired) electrons. The number of rotatable bonds is 5. The number of halogens is 2. The Hall–Kier alpha value is -1.23. The molecule has 25 heavy (non-hydrogen) atoms. The summed E-state index contributed by atoms with van der Waals surface area (Å²) >= 11 is 0. The third kappa shape index (κ3) is 4.69. The first-order valence-electron chi connectivity index (χ1n) is 9.51. The molecule has 2 aliphatic rings. The molecule has 1 aromatic rings. The number of nitrogens with zero attached hydrogens (tertiary/aromatic N) is 2. The number of aryl methyl sites for hydroxylation is 1. The summed E-state index contributed by atoms with van der Waals surface area (Å²) < 4.78 is 28.8. The number of hydrogen-bond acceptors (Lipinski definition) is 2. The van der Waals surface area contributed by atoms with Crippen molar-refractivity contribution in [1.82, 2.24) is 9.47 Å². The van der Waals surface area contributed by atoms with Crippen molar-refractivity contribution >= 4 is 0 Å². The van der Waals surface area contributed by atoms with Crippen LogP contribution in [0.2, 0.25) is 0 Å². The molecule has 0 aromatic carbocycles. The second-order valence-electron chi connectivity index (χ2n) is 8.80. The molecule has 5 heteroatoms. The largest absolute Gasteiger partial charge is 0.315 e. The van der Waals surface area contributed by atoms with Crippen molar-refractivity contribution in [3.05, 3.63) is 33.7 Å². The van der Waals surface area contributed by atoms with Crippen LogP contribution in [-0.2, 0) is 12.0 Å². The predicted molar refractivity (Wildman–Crippen MR) is 96.6 cm³/mol. The lowest BCUT2D eigenvalue weighted by atomic mass is 9.87. The minimum atomic E-state index is -2.56. The van der Waals surface area contributed by atoms with Gasteiger partial charge in [0.25, 0.3) is 11.5 Å². The predicted octanol–water partition coefficient (Wildman–Crippen LogP) is 4.14. The maximum absolute atomic E-state index is 13.5. The van der Waals surface area contributed by atoms with Gasteiger partial charge >= 0.3 is 0 Å². The first-order chi connectivity index (χ1) is 11.7. The highest BCUT2D eigenvalue weighted by Gasteiger charge is 2.34. The molecule has 140 valence electrons. The molecule has 0 bridgehead atoms. The Bertz CT molecular complexity index is 671. The Morgan fingerprint density at radius 1 is 1.24 bits per heavy atom. The molecule has 2 heterocycles. The molecule has 3 rings (SSSR count). The Balaban J connectivity index is 1.69. The summed E-state index contributed by atoms with van der Waals surface area (Å²) in [6.07, 6.45) is 5.68. The van der Waals surface area contributed by atoms with Gasteiger partial charge in [0.15, 0.2) is 0 Å². The van der Waals surface area contributed by atoms with Crippen molar-refractivity contribution in [1.29, 1.82) is 0 Å². The third-order valence-corrected chi connectivity index (χ3v) is 5.31. The zero-order valence-electron chi connectivity index (χ0n) is 15.7. The highest BCUT2D eigenvalue weighted by atomic mass is 19.3. The first-order valence-corrected chi connectivity index (χ1v) is 9.51. The second kappa shape index (κ2) is 6.82. The van der Waals surface area contributed by atoms with E-state index in [1.165, 1.54) is 18.4 Å². The SMILES string of the molecule is CC(C)(C)c1cc(C2CC2)cn(CCCN2CCCC(F)(F)C2)c1=O. The van der Waals surface area contributed by atoms with E-state index in [1.54, 1.807) is 0 Å². The van der Waals surface area contributed by atoms with Crippen molar-refractivity contribution in [2.75, 3.05) is 19.6 Å². The van der Waals surface area contributed by atoms with Gasteiger partial charge in [-0.3, -0.25) is 9.69 Å². The molecule has 0 amide bonds.